The Labute approximate surface area is 121 Å². The average molecular weight is 392 g/mol. The van der Waals surface area contributed by atoms with Crippen LogP contribution in [0.5, 0.6) is 0 Å². The van der Waals surface area contributed by atoms with Crippen LogP contribution in [0, 0.1) is 17.5 Å². The minimum atomic E-state index is 0. The van der Waals surface area contributed by atoms with Gasteiger partial charge in [0.05, 0.1) is 0 Å². The van der Waals surface area contributed by atoms with Crippen molar-refractivity contribution in [1.82, 2.24) is 0 Å². The molecule has 0 bridgehead atoms. The van der Waals surface area contributed by atoms with Gasteiger partial charge in [0.15, 0.2) is 0 Å². The van der Waals surface area contributed by atoms with Crippen molar-refractivity contribution < 1.29 is 25.8 Å². The molecule has 0 aliphatic heterocycles. The summed E-state index contributed by atoms with van der Waals surface area (Å²) in [6.45, 7) is 0. The standard InChI is InChI=1S/2C5H5.C4H3S.Hf/c3*1-2-4-5-3-1;/h2*1-3H,4H2;1-3H;/q3*-1;. The summed E-state index contributed by atoms with van der Waals surface area (Å²) < 4.78 is 0. The molecule has 1 aromatic rings. The van der Waals surface area contributed by atoms with Gasteiger partial charge in [-0.1, -0.05) is 0 Å². The Morgan fingerprint density at radius 3 is 1.69 bits per heavy atom. The topological polar surface area (TPSA) is 0 Å². The number of allylic oxidation sites excluding steroid dienone is 8. The van der Waals surface area contributed by atoms with Crippen molar-refractivity contribution in [3.8, 4) is 0 Å². The second-order valence-corrected chi connectivity index (χ2v) is 3.48. The van der Waals surface area contributed by atoms with Crippen molar-refractivity contribution in [3.05, 3.63) is 71.5 Å². The van der Waals surface area contributed by atoms with Crippen LogP contribution >= 0.6 is 11.3 Å². The van der Waals surface area contributed by atoms with Gasteiger partial charge in [-0.05, 0) is 0 Å². The SMILES string of the molecule is [C-]1=CC=CC1.[C-]1=CC=CC1.[Hf].[c-]1cccs1. The van der Waals surface area contributed by atoms with Gasteiger partial charge in [-0.25, -0.2) is 30.4 Å². The Kier molecular flexibility index (Phi) is 12.2. The summed E-state index contributed by atoms with van der Waals surface area (Å²) in [5.74, 6) is 0. The van der Waals surface area contributed by atoms with Crippen molar-refractivity contribution in [2.24, 2.45) is 0 Å². The van der Waals surface area contributed by atoms with Crippen LogP contribution in [0.4, 0.5) is 0 Å². The third-order valence-corrected chi connectivity index (χ3v) is 2.12. The third-order valence-electron chi connectivity index (χ3n) is 1.55. The van der Waals surface area contributed by atoms with E-state index in [1.165, 1.54) is 0 Å². The Morgan fingerprint density at radius 2 is 1.56 bits per heavy atom. The molecule has 2 aliphatic carbocycles. The first-order valence-corrected chi connectivity index (χ1v) is 5.71. The minimum absolute atomic E-state index is 0. The fourth-order valence-electron chi connectivity index (χ4n) is 0.877. The van der Waals surface area contributed by atoms with E-state index in [1.54, 1.807) is 11.3 Å². The first kappa shape index (κ1) is 15.5. The molecular formula is C14H13HfS-3. The van der Waals surface area contributed by atoms with Crippen LogP contribution in [-0.2, 0) is 25.8 Å². The smallest absolute Gasteiger partial charge is 0 e. The summed E-state index contributed by atoms with van der Waals surface area (Å²) in [4.78, 5) is 0. The maximum atomic E-state index is 2.99. The van der Waals surface area contributed by atoms with Gasteiger partial charge in [-0.2, -0.15) is 23.6 Å². The second kappa shape index (κ2) is 12.6. The van der Waals surface area contributed by atoms with Crippen molar-refractivity contribution >= 4 is 11.3 Å². The Bertz CT molecular complexity index is 272. The predicted molar refractivity (Wildman–Crippen MR) is 66.3 cm³/mol. The molecule has 0 nitrogen and oxygen atoms in total. The van der Waals surface area contributed by atoms with Gasteiger partial charge in [-0.3, -0.25) is 12.2 Å². The summed E-state index contributed by atoms with van der Waals surface area (Å²) in [5.41, 5.74) is 0. The quantitative estimate of drug-likeness (QED) is 0.460. The van der Waals surface area contributed by atoms with E-state index in [4.69, 9.17) is 0 Å². The molecule has 0 fully saturated rings. The van der Waals surface area contributed by atoms with Gasteiger partial charge in [0.2, 0.25) is 0 Å². The second-order valence-electron chi connectivity index (χ2n) is 2.74. The molecule has 3 rings (SSSR count). The fourth-order valence-corrected chi connectivity index (χ4v) is 1.27. The number of thiophene rings is 1. The molecule has 0 saturated heterocycles. The molecule has 0 spiro atoms. The minimum Gasteiger partial charge on any atom is -0.304 e. The van der Waals surface area contributed by atoms with E-state index < -0.39 is 0 Å². The molecule has 0 aromatic carbocycles. The average Bonchev–Trinajstić information content (AvgIpc) is 3.09. The maximum absolute atomic E-state index is 2.99. The number of rotatable bonds is 0. The van der Waals surface area contributed by atoms with E-state index in [1.807, 2.05) is 41.8 Å². The van der Waals surface area contributed by atoms with E-state index in [2.05, 4.69) is 29.7 Å². The summed E-state index contributed by atoms with van der Waals surface area (Å²) in [5, 5.41) is 4.89. The van der Waals surface area contributed by atoms with Crippen LogP contribution in [0.3, 0.4) is 0 Å². The molecular weight excluding hydrogens is 379 g/mol. The molecule has 0 atom stereocenters. The van der Waals surface area contributed by atoms with Crippen molar-refractivity contribution in [2.75, 3.05) is 0 Å². The fraction of sp³-hybridized carbons (Fsp3) is 0.143. The molecule has 1 heterocycles. The van der Waals surface area contributed by atoms with E-state index in [0.29, 0.717) is 0 Å². The molecule has 0 unspecified atom stereocenters. The first-order valence-electron chi connectivity index (χ1n) is 4.83. The van der Waals surface area contributed by atoms with Gasteiger partial charge in [0.1, 0.15) is 0 Å². The molecule has 2 aliphatic rings. The first-order chi connectivity index (χ1) is 7.50. The van der Waals surface area contributed by atoms with Crippen molar-refractivity contribution in [2.45, 2.75) is 12.8 Å². The van der Waals surface area contributed by atoms with Gasteiger partial charge in [0, 0.05) is 25.8 Å². The zero-order valence-corrected chi connectivity index (χ0v) is 13.4. The molecule has 2 heteroatoms. The molecule has 16 heavy (non-hydrogen) atoms. The normalized spacial score (nSPS) is 13.5. The monoisotopic (exact) mass is 393 g/mol. The summed E-state index contributed by atoms with van der Waals surface area (Å²) in [6, 6.07) is 3.86. The van der Waals surface area contributed by atoms with E-state index >= 15 is 0 Å². The zero-order chi connectivity index (χ0) is 10.6. The van der Waals surface area contributed by atoms with Crippen LogP contribution in [0.2, 0.25) is 0 Å². The van der Waals surface area contributed by atoms with Crippen LogP contribution in [0.1, 0.15) is 12.8 Å². The summed E-state index contributed by atoms with van der Waals surface area (Å²) in [6.07, 6.45) is 20.0. The van der Waals surface area contributed by atoms with E-state index in [-0.39, 0.29) is 25.8 Å². The third kappa shape index (κ3) is 10.1. The number of hydrogen-bond acceptors (Lipinski definition) is 1. The maximum Gasteiger partial charge on any atom is 0 e. The van der Waals surface area contributed by atoms with Gasteiger partial charge < -0.3 is 11.3 Å². The Hall–Kier alpha value is -0.470. The predicted octanol–water partition coefficient (Wildman–Crippen LogP) is 4.16. The molecule has 0 radical (unpaired) electrons. The Morgan fingerprint density at radius 1 is 0.938 bits per heavy atom. The van der Waals surface area contributed by atoms with Gasteiger partial charge >= 0.3 is 0 Å². The van der Waals surface area contributed by atoms with Crippen molar-refractivity contribution in [3.63, 3.8) is 0 Å². The van der Waals surface area contributed by atoms with Crippen molar-refractivity contribution in [1.29, 1.82) is 0 Å². The van der Waals surface area contributed by atoms with Gasteiger partial charge in [-0.15, -0.1) is 18.2 Å². The van der Waals surface area contributed by atoms with Crippen LogP contribution < -0.4 is 0 Å². The Balaban J connectivity index is 0.000000205. The molecule has 0 N–H and O–H groups in total. The molecule has 82 valence electrons. The zero-order valence-electron chi connectivity index (χ0n) is 9.02. The molecule has 1 aromatic heterocycles. The van der Waals surface area contributed by atoms with Crippen LogP contribution in [0.25, 0.3) is 0 Å². The van der Waals surface area contributed by atoms with E-state index in [0.717, 1.165) is 12.8 Å². The van der Waals surface area contributed by atoms with Gasteiger partial charge in [0.25, 0.3) is 0 Å². The summed E-state index contributed by atoms with van der Waals surface area (Å²) in [7, 11) is 0. The largest absolute Gasteiger partial charge is 0.304 e. The summed E-state index contributed by atoms with van der Waals surface area (Å²) >= 11 is 1.59. The molecule has 0 saturated carbocycles. The van der Waals surface area contributed by atoms with Crippen LogP contribution in [0.15, 0.2) is 54.0 Å². The molecule has 0 amide bonds. The van der Waals surface area contributed by atoms with E-state index in [9.17, 15) is 0 Å². The number of hydrogen-bond donors (Lipinski definition) is 0. The van der Waals surface area contributed by atoms with Crippen LogP contribution in [-0.4, -0.2) is 0 Å².